The van der Waals surface area contributed by atoms with Crippen molar-refractivity contribution in [3.05, 3.63) is 53.3 Å². The van der Waals surface area contributed by atoms with Gasteiger partial charge in [0.2, 0.25) is 0 Å². The highest BCUT2D eigenvalue weighted by atomic mass is 19.1. The second-order valence-corrected chi connectivity index (χ2v) is 4.74. The summed E-state index contributed by atoms with van der Waals surface area (Å²) in [5.74, 6) is -0.158. The molecule has 2 rings (SSSR count). The summed E-state index contributed by atoms with van der Waals surface area (Å²) >= 11 is 0. The molecule has 2 nitrogen and oxygen atoms in total. The van der Waals surface area contributed by atoms with Crippen LogP contribution in [-0.2, 0) is 0 Å². The lowest BCUT2D eigenvalue weighted by Crippen LogP contribution is -1.98. The van der Waals surface area contributed by atoms with Gasteiger partial charge in [-0.2, -0.15) is 0 Å². The number of aldehydes is 1. The van der Waals surface area contributed by atoms with E-state index in [9.17, 15) is 14.3 Å². The van der Waals surface area contributed by atoms with E-state index in [-0.39, 0.29) is 17.5 Å². The minimum Gasteiger partial charge on any atom is -0.507 e. The highest BCUT2D eigenvalue weighted by molar-refractivity contribution is 5.92. The molecule has 98 valence electrons. The standard InChI is InChI=1S/C16H15FO2/c1-10(2)13-7-8-15(19)16(14(13)9-18)11-3-5-12(17)6-4-11/h3-10,19H,1-2H3. The first kappa shape index (κ1) is 13.3. The van der Waals surface area contributed by atoms with Crippen molar-refractivity contribution in [1.82, 2.24) is 0 Å². The molecule has 1 N–H and O–H groups in total. The van der Waals surface area contributed by atoms with Gasteiger partial charge in [-0.15, -0.1) is 0 Å². The summed E-state index contributed by atoms with van der Waals surface area (Å²) in [6.45, 7) is 3.96. The maximum absolute atomic E-state index is 13.0. The highest BCUT2D eigenvalue weighted by Crippen LogP contribution is 2.36. The number of phenols is 1. The summed E-state index contributed by atoms with van der Waals surface area (Å²) in [7, 11) is 0. The quantitative estimate of drug-likeness (QED) is 0.840. The monoisotopic (exact) mass is 258 g/mol. The van der Waals surface area contributed by atoms with Crippen molar-refractivity contribution >= 4 is 6.29 Å². The van der Waals surface area contributed by atoms with E-state index >= 15 is 0 Å². The Morgan fingerprint density at radius 2 is 1.74 bits per heavy atom. The number of halogens is 1. The molecule has 3 heteroatoms. The molecule has 0 fully saturated rings. The molecule has 0 aliphatic rings. The average Bonchev–Trinajstić information content (AvgIpc) is 2.39. The van der Waals surface area contributed by atoms with Gasteiger partial charge in [-0.1, -0.05) is 32.0 Å². The van der Waals surface area contributed by atoms with E-state index in [0.717, 1.165) is 11.8 Å². The zero-order valence-electron chi connectivity index (χ0n) is 10.9. The van der Waals surface area contributed by atoms with E-state index < -0.39 is 0 Å². The number of aromatic hydroxyl groups is 1. The molecule has 0 unspecified atom stereocenters. The molecule has 0 bridgehead atoms. The summed E-state index contributed by atoms with van der Waals surface area (Å²) in [6, 6.07) is 9.05. The van der Waals surface area contributed by atoms with Crippen molar-refractivity contribution in [1.29, 1.82) is 0 Å². The lowest BCUT2D eigenvalue weighted by molar-refractivity contribution is 0.112. The Balaban J connectivity index is 2.70. The highest BCUT2D eigenvalue weighted by Gasteiger charge is 2.16. The van der Waals surface area contributed by atoms with E-state index in [4.69, 9.17) is 0 Å². The van der Waals surface area contributed by atoms with E-state index in [1.54, 1.807) is 24.3 Å². The maximum atomic E-state index is 13.0. The lowest BCUT2D eigenvalue weighted by atomic mass is 9.90. The number of benzene rings is 2. The van der Waals surface area contributed by atoms with Crippen LogP contribution in [-0.4, -0.2) is 11.4 Å². The lowest BCUT2D eigenvalue weighted by Gasteiger charge is -2.15. The first-order chi connectivity index (χ1) is 9.04. The molecule has 0 saturated heterocycles. The third-order valence-electron chi connectivity index (χ3n) is 3.13. The molecule has 0 atom stereocenters. The van der Waals surface area contributed by atoms with Crippen LogP contribution in [0.5, 0.6) is 5.75 Å². The molecule has 19 heavy (non-hydrogen) atoms. The summed E-state index contributed by atoms with van der Waals surface area (Å²) < 4.78 is 13.0. The van der Waals surface area contributed by atoms with Gasteiger partial charge in [0.25, 0.3) is 0 Å². The van der Waals surface area contributed by atoms with Crippen molar-refractivity contribution in [3.8, 4) is 16.9 Å². The largest absolute Gasteiger partial charge is 0.507 e. The smallest absolute Gasteiger partial charge is 0.151 e. The Morgan fingerprint density at radius 3 is 2.26 bits per heavy atom. The number of rotatable bonds is 3. The van der Waals surface area contributed by atoms with Gasteiger partial charge in [0.15, 0.2) is 6.29 Å². The number of phenolic OH excluding ortho intramolecular Hbond substituents is 1. The molecule has 0 aromatic heterocycles. The Hall–Kier alpha value is -2.16. The van der Waals surface area contributed by atoms with Crippen LogP contribution in [0.25, 0.3) is 11.1 Å². The summed E-state index contributed by atoms with van der Waals surface area (Å²) in [5.41, 5.74) is 2.42. The summed E-state index contributed by atoms with van der Waals surface area (Å²) in [5, 5.41) is 10.00. The predicted molar refractivity (Wildman–Crippen MR) is 73.0 cm³/mol. The van der Waals surface area contributed by atoms with E-state index in [0.29, 0.717) is 16.7 Å². The molecule has 0 radical (unpaired) electrons. The fraction of sp³-hybridized carbons (Fsp3) is 0.188. The van der Waals surface area contributed by atoms with Crippen molar-refractivity contribution in [2.75, 3.05) is 0 Å². The number of hydrogen-bond acceptors (Lipinski definition) is 2. The fourth-order valence-electron chi connectivity index (χ4n) is 2.17. The van der Waals surface area contributed by atoms with E-state index in [1.165, 1.54) is 12.1 Å². The second kappa shape index (κ2) is 5.22. The molecular formula is C16H15FO2. The first-order valence-corrected chi connectivity index (χ1v) is 6.11. The van der Waals surface area contributed by atoms with Crippen LogP contribution in [0.15, 0.2) is 36.4 Å². The van der Waals surface area contributed by atoms with Crippen LogP contribution < -0.4 is 0 Å². The van der Waals surface area contributed by atoms with Crippen molar-refractivity contribution in [2.24, 2.45) is 0 Å². The molecular weight excluding hydrogens is 243 g/mol. The fourth-order valence-corrected chi connectivity index (χ4v) is 2.17. The molecule has 2 aromatic rings. The van der Waals surface area contributed by atoms with Gasteiger partial charge in [0.1, 0.15) is 11.6 Å². The minimum atomic E-state index is -0.351. The summed E-state index contributed by atoms with van der Waals surface area (Å²) in [4.78, 5) is 11.4. The Kier molecular flexibility index (Phi) is 3.65. The molecule has 0 amide bonds. The van der Waals surface area contributed by atoms with Gasteiger partial charge in [-0.05, 0) is 35.2 Å². The topological polar surface area (TPSA) is 37.3 Å². The van der Waals surface area contributed by atoms with Crippen LogP contribution >= 0.6 is 0 Å². The van der Waals surface area contributed by atoms with E-state index in [2.05, 4.69) is 0 Å². The van der Waals surface area contributed by atoms with Gasteiger partial charge in [0.05, 0.1) is 0 Å². The normalized spacial score (nSPS) is 10.7. The van der Waals surface area contributed by atoms with Crippen molar-refractivity contribution in [3.63, 3.8) is 0 Å². The number of carbonyl (C=O) groups excluding carboxylic acids is 1. The predicted octanol–water partition coefficient (Wildman–Crippen LogP) is 4.13. The summed E-state index contributed by atoms with van der Waals surface area (Å²) in [6.07, 6.45) is 0.744. The first-order valence-electron chi connectivity index (χ1n) is 6.11. The molecule has 0 saturated carbocycles. The van der Waals surface area contributed by atoms with Gasteiger partial charge in [-0.25, -0.2) is 4.39 Å². The number of hydrogen-bond donors (Lipinski definition) is 1. The molecule has 0 aliphatic heterocycles. The van der Waals surface area contributed by atoms with Gasteiger partial charge >= 0.3 is 0 Å². The van der Waals surface area contributed by atoms with Crippen LogP contribution in [0.2, 0.25) is 0 Å². The van der Waals surface area contributed by atoms with Gasteiger partial charge < -0.3 is 5.11 Å². The molecule has 0 heterocycles. The van der Waals surface area contributed by atoms with Crippen LogP contribution in [0.3, 0.4) is 0 Å². The van der Waals surface area contributed by atoms with Crippen molar-refractivity contribution in [2.45, 2.75) is 19.8 Å². The van der Waals surface area contributed by atoms with Crippen molar-refractivity contribution < 1.29 is 14.3 Å². The number of carbonyl (C=O) groups is 1. The van der Waals surface area contributed by atoms with Gasteiger partial charge in [-0.3, -0.25) is 4.79 Å². The van der Waals surface area contributed by atoms with Crippen LogP contribution in [0.1, 0.15) is 35.7 Å². The van der Waals surface area contributed by atoms with Gasteiger partial charge in [0, 0.05) is 11.1 Å². The molecule has 2 aromatic carbocycles. The third kappa shape index (κ3) is 2.50. The van der Waals surface area contributed by atoms with Crippen LogP contribution in [0, 0.1) is 5.82 Å². The van der Waals surface area contributed by atoms with Crippen LogP contribution in [0.4, 0.5) is 4.39 Å². The third-order valence-corrected chi connectivity index (χ3v) is 3.13. The molecule has 0 spiro atoms. The SMILES string of the molecule is CC(C)c1ccc(O)c(-c2ccc(F)cc2)c1C=O. The zero-order chi connectivity index (χ0) is 14.0. The average molecular weight is 258 g/mol. The Labute approximate surface area is 111 Å². The Bertz CT molecular complexity index is 601. The minimum absolute atomic E-state index is 0.0260. The molecule has 0 aliphatic carbocycles. The van der Waals surface area contributed by atoms with E-state index in [1.807, 2.05) is 13.8 Å². The maximum Gasteiger partial charge on any atom is 0.151 e. The second-order valence-electron chi connectivity index (χ2n) is 4.74. The Morgan fingerprint density at radius 1 is 1.11 bits per heavy atom. The zero-order valence-corrected chi connectivity index (χ0v) is 10.9.